The Kier molecular flexibility index (Phi) is 4.57. The first-order valence-corrected chi connectivity index (χ1v) is 11.3. The number of anilines is 1. The number of nitrogens with zero attached hydrogens (tertiary/aromatic N) is 5. The standard InChI is InChI=1S/C27H29N5O2/c1-31(2)25-15-24(19-9-11-20(12-10-19)27(33)34-3)30-26-22(17-29-32(25)26)21-13-14-23(28-16-21)18-7-5-4-6-8-18/h4-8,13-17,19-20H,9-12H2,1-3H3/t19-,20-/i4D,5D,6D,7D,8D. The van der Waals surface area contributed by atoms with Crippen molar-refractivity contribution < 1.29 is 16.4 Å². The average molecular weight is 461 g/mol. The predicted octanol–water partition coefficient (Wildman–Crippen LogP) is 4.97. The number of carbonyl (C=O) groups is 1. The zero-order chi connectivity index (χ0) is 28.0. The van der Waals surface area contributed by atoms with Gasteiger partial charge in [-0.1, -0.05) is 36.3 Å². The molecule has 0 radical (unpaired) electrons. The lowest BCUT2D eigenvalue weighted by Crippen LogP contribution is -2.23. The van der Waals surface area contributed by atoms with Gasteiger partial charge in [0.1, 0.15) is 5.82 Å². The fourth-order valence-corrected chi connectivity index (χ4v) is 4.57. The van der Waals surface area contributed by atoms with E-state index in [9.17, 15) is 4.79 Å². The van der Waals surface area contributed by atoms with Gasteiger partial charge in [-0.25, -0.2) is 4.98 Å². The van der Waals surface area contributed by atoms with Gasteiger partial charge in [0.25, 0.3) is 0 Å². The maximum absolute atomic E-state index is 12.0. The zero-order valence-electron chi connectivity index (χ0n) is 24.4. The van der Waals surface area contributed by atoms with Crippen molar-refractivity contribution in [1.82, 2.24) is 19.6 Å². The summed E-state index contributed by atoms with van der Waals surface area (Å²) in [6.07, 6.45) is 6.54. The van der Waals surface area contributed by atoms with E-state index in [-0.39, 0.29) is 41.1 Å². The summed E-state index contributed by atoms with van der Waals surface area (Å²) in [5, 5.41) is 4.58. The molecule has 7 heteroatoms. The van der Waals surface area contributed by atoms with E-state index in [0.717, 1.165) is 48.3 Å². The third kappa shape index (κ3) is 4.14. The predicted molar refractivity (Wildman–Crippen MR) is 133 cm³/mol. The SMILES string of the molecule is [2H]c1c([2H])c([2H])c(-c2ccc(-c3cnn4c(N(C)C)cc([C@H]5CC[C@H](C(=O)OC)CC5)nc34)cn2)c([2H])c1[2H]. The van der Waals surface area contributed by atoms with Crippen molar-refractivity contribution in [2.24, 2.45) is 5.92 Å². The van der Waals surface area contributed by atoms with E-state index in [4.69, 9.17) is 16.6 Å². The number of aromatic nitrogens is 4. The van der Waals surface area contributed by atoms with Gasteiger partial charge in [-0.15, -0.1) is 0 Å². The molecule has 1 aromatic carbocycles. The molecular weight excluding hydrogens is 426 g/mol. The van der Waals surface area contributed by atoms with Crippen LogP contribution < -0.4 is 4.90 Å². The molecule has 0 aliphatic heterocycles. The van der Waals surface area contributed by atoms with Gasteiger partial charge < -0.3 is 9.64 Å². The second kappa shape index (κ2) is 9.25. The minimum absolute atomic E-state index is 0.0604. The van der Waals surface area contributed by atoms with E-state index >= 15 is 0 Å². The Morgan fingerprint density at radius 2 is 1.85 bits per heavy atom. The van der Waals surface area contributed by atoms with Crippen molar-refractivity contribution >= 4 is 17.4 Å². The van der Waals surface area contributed by atoms with Crippen LogP contribution in [0.25, 0.3) is 28.0 Å². The molecule has 0 atom stereocenters. The highest BCUT2D eigenvalue weighted by molar-refractivity contribution is 5.79. The third-order valence-electron chi connectivity index (χ3n) is 6.44. The summed E-state index contributed by atoms with van der Waals surface area (Å²) < 4.78 is 46.9. The molecule has 0 unspecified atom stereocenters. The van der Waals surface area contributed by atoms with E-state index in [0.29, 0.717) is 5.65 Å². The van der Waals surface area contributed by atoms with Crippen molar-refractivity contribution in [2.75, 3.05) is 26.1 Å². The Bertz CT molecular complexity index is 1530. The smallest absolute Gasteiger partial charge is 0.308 e. The third-order valence-corrected chi connectivity index (χ3v) is 6.44. The molecule has 0 spiro atoms. The average Bonchev–Trinajstić information content (AvgIpc) is 3.38. The van der Waals surface area contributed by atoms with Gasteiger partial charge in [0.05, 0.1) is 31.8 Å². The molecule has 0 N–H and O–H groups in total. The van der Waals surface area contributed by atoms with Crippen molar-refractivity contribution in [1.29, 1.82) is 0 Å². The normalized spacial score (nSPS) is 20.1. The van der Waals surface area contributed by atoms with Crippen LogP contribution in [0.15, 0.2) is 60.8 Å². The molecule has 1 saturated carbocycles. The maximum Gasteiger partial charge on any atom is 0.308 e. The second-order valence-corrected chi connectivity index (χ2v) is 8.73. The molecule has 3 aromatic heterocycles. The van der Waals surface area contributed by atoms with E-state index in [1.807, 2.05) is 25.1 Å². The van der Waals surface area contributed by atoms with Crippen LogP contribution >= 0.6 is 0 Å². The first-order chi connectivity index (χ1) is 18.6. The fraction of sp³-hybridized carbons (Fsp3) is 0.333. The Labute approximate surface area is 206 Å². The first-order valence-electron chi connectivity index (χ1n) is 13.8. The van der Waals surface area contributed by atoms with Gasteiger partial charge in [-0.05, 0) is 31.7 Å². The van der Waals surface area contributed by atoms with Crippen LogP contribution in [0.2, 0.25) is 0 Å². The van der Waals surface area contributed by atoms with Crippen LogP contribution in [-0.4, -0.2) is 46.8 Å². The minimum atomic E-state index is -0.436. The topological polar surface area (TPSA) is 72.6 Å². The van der Waals surface area contributed by atoms with E-state index in [1.165, 1.54) is 7.11 Å². The highest BCUT2D eigenvalue weighted by Gasteiger charge is 2.29. The Balaban J connectivity index is 1.53. The van der Waals surface area contributed by atoms with Gasteiger partial charge in [0, 0.05) is 54.7 Å². The number of rotatable bonds is 5. The summed E-state index contributed by atoms with van der Waals surface area (Å²) >= 11 is 0. The monoisotopic (exact) mass is 460 g/mol. The van der Waals surface area contributed by atoms with Crippen LogP contribution in [0.4, 0.5) is 5.82 Å². The first kappa shape index (κ1) is 16.8. The molecule has 34 heavy (non-hydrogen) atoms. The van der Waals surface area contributed by atoms with Crippen LogP contribution in [0.1, 0.15) is 44.1 Å². The lowest BCUT2D eigenvalue weighted by Gasteiger charge is -2.27. The number of esters is 1. The highest BCUT2D eigenvalue weighted by Crippen LogP contribution is 2.37. The van der Waals surface area contributed by atoms with Gasteiger partial charge in [-0.2, -0.15) is 9.61 Å². The van der Waals surface area contributed by atoms with Crippen LogP contribution in [0.5, 0.6) is 0 Å². The van der Waals surface area contributed by atoms with Crippen molar-refractivity contribution in [3.05, 3.63) is 66.5 Å². The molecule has 5 rings (SSSR count). The zero-order valence-corrected chi connectivity index (χ0v) is 19.4. The summed E-state index contributed by atoms with van der Waals surface area (Å²) in [5.74, 6) is 0.868. The summed E-state index contributed by atoms with van der Waals surface area (Å²) in [6.45, 7) is 0. The summed E-state index contributed by atoms with van der Waals surface area (Å²) in [6, 6.07) is 3.69. The summed E-state index contributed by atoms with van der Waals surface area (Å²) in [5.41, 5.74) is 3.47. The largest absolute Gasteiger partial charge is 0.469 e. The van der Waals surface area contributed by atoms with Gasteiger partial charge in [0.15, 0.2) is 5.65 Å². The lowest BCUT2D eigenvalue weighted by atomic mass is 9.80. The molecule has 0 amide bonds. The van der Waals surface area contributed by atoms with Gasteiger partial charge >= 0.3 is 5.97 Å². The highest BCUT2D eigenvalue weighted by atomic mass is 16.5. The molecule has 0 saturated heterocycles. The van der Waals surface area contributed by atoms with Crippen molar-refractivity contribution in [3.8, 4) is 22.4 Å². The summed E-state index contributed by atoms with van der Waals surface area (Å²) in [4.78, 5) is 23.4. The molecule has 3 heterocycles. The molecule has 174 valence electrons. The number of ether oxygens (including phenoxy) is 1. The van der Waals surface area contributed by atoms with Crippen LogP contribution in [0.3, 0.4) is 0 Å². The van der Waals surface area contributed by atoms with Crippen molar-refractivity contribution in [2.45, 2.75) is 31.6 Å². The van der Waals surface area contributed by atoms with E-state index in [1.54, 1.807) is 29.0 Å². The second-order valence-electron chi connectivity index (χ2n) is 8.73. The van der Waals surface area contributed by atoms with Crippen LogP contribution in [0, 0.1) is 5.92 Å². The Hall–Kier alpha value is -3.74. The number of hydrogen-bond donors (Lipinski definition) is 0. The molecule has 1 aliphatic carbocycles. The number of pyridine rings is 1. The quantitative estimate of drug-likeness (QED) is 0.392. The number of fused-ring (bicyclic) bond motifs is 1. The van der Waals surface area contributed by atoms with Gasteiger partial charge in [0.2, 0.25) is 0 Å². The molecule has 1 aliphatic rings. The minimum Gasteiger partial charge on any atom is -0.469 e. The fourth-order valence-electron chi connectivity index (χ4n) is 4.57. The Morgan fingerprint density at radius 3 is 2.50 bits per heavy atom. The van der Waals surface area contributed by atoms with E-state index < -0.39 is 18.1 Å². The molecule has 1 fully saturated rings. The Morgan fingerprint density at radius 1 is 1.09 bits per heavy atom. The summed E-state index contributed by atoms with van der Waals surface area (Å²) in [7, 11) is 5.33. The lowest BCUT2D eigenvalue weighted by molar-refractivity contribution is -0.146. The van der Waals surface area contributed by atoms with Gasteiger partial charge in [-0.3, -0.25) is 9.78 Å². The maximum atomic E-state index is 12.0. The molecular formula is C27H29N5O2. The number of methoxy groups -OCH3 is 1. The molecule has 4 aromatic rings. The number of hydrogen-bond acceptors (Lipinski definition) is 6. The molecule has 0 bridgehead atoms. The number of benzene rings is 1. The molecule has 7 nitrogen and oxygen atoms in total. The van der Waals surface area contributed by atoms with Crippen molar-refractivity contribution in [3.63, 3.8) is 0 Å². The number of carbonyl (C=O) groups excluding carboxylic acids is 1. The van der Waals surface area contributed by atoms with E-state index in [2.05, 4.69) is 10.1 Å². The van der Waals surface area contributed by atoms with Crippen LogP contribution in [-0.2, 0) is 9.53 Å².